The van der Waals surface area contributed by atoms with Gasteiger partial charge in [0.25, 0.3) is 0 Å². The molecular formula is C14H17NOS. The van der Waals surface area contributed by atoms with Gasteiger partial charge in [-0.2, -0.15) is 0 Å². The molecule has 2 aromatic rings. The van der Waals surface area contributed by atoms with Gasteiger partial charge in [0.1, 0.15) is 5.75 Å². The molecule has 2 nitrogen and oxygen atoms in total. The highest BCUT2D eigenvalue weighted by molar-refractivity contribution is 7.10. The summed E-state index contributed by atoms with van der Waals surface area (Å²) in [6.45, 7) is 3.19. The third-order valence-corrected chi connectivity index (χ3v) is 3.84. The van der Waals surface area contributed by atoms with Gasteiger partial charge in [0.2, 0.25) is 0 Å². The van der Waals surface area contributed by atoms with Crippen LogP contribution in [0.2, 0.25) is 0 Å². The fraction of sp³-hybridized carbons (Fsp3) is 0.286. The number of thiophene rings is 1. The normalized spacial score (nSPS) is 12.1. The Morgan fingerprint density at radius 1 is 1.24 bits per heavy atom. The highest BCUT2D eigenvalue weighted by Gasteiger charge is 2.05. The molecule has 0 fully saturated rings. The van der Waals surface area contributed by atoms with E-state index in [1.807, 2.05) is 35.6 Å². The zero-order valence-corrected chi connectivity index (χ0v) is 11.0. The van der Waals surface area contributed by atoms with Crippen molar-refractivity contribution < 1.29 is 4.74 Å². The molecule has 2 rings (SSSR count). The van der Waals surface area contributed by atoms with E-state index >= 15 is 0 Å². The Morgan fingerprint density at radius 3 is 2.59 bits per heavy atom. The number of benzene rings is 1. The first-order valence-electron chi connectivity index (χ1n) is 5.71. The monoisotopic (exact) mass is 247 g/mol. The van der Waals surface area contributed by atoms with Gasteiger partial charge in [-0.15, -0.1) is 11.3 Å². The lowest BCUT2D eigenvalue weighted by Gasteiger charge is -2.12. The SMILES string of the molecule is COc1ccc(NC[C@@H](C)c2cccs2)cc1. The molecule has 0 amide bonds. The number of hydrogen-bond donors (Lipinski definition) is 1. The second-order valence-electron chi connectivity index (χ2n) is 4.03. The van der Waals surface area contributed by atoms with Crippen LogP contribution in [-0.2, 0) is 0 Å². The van der Waals surface area contributed by atoms with Crippen molar-refractivity contribution in [1.29, 1.82) is 0 Å². The fourth-order valence-corrected chi connectivity index (χ4v) is 2.44. The second kappa shape index (κ2) is 5.73. The summed E-state index contributed by atoms with van der Waals surface area (Å²) in [6, 6.07) is 12.3. The second-order valence-corrected chi connectivity index (χ2v) is 5.01. The Hall–Kier alpha value is -1.48. The molecule has 0 unspecified atom stereocenters. The Labute approximate surface area is 106 Å². The predicted octanol–water partition coefficient (Wildman–Crippen LogP) is 3.97. The van der Waals surface area contributed by atoms with Crippen molar-refractivity contribution in [2.45, 2.75) is 12.8 Å². The lowest BCUT2D eigenvalue weighted by atomic mass is 10.1. The number of hydrogen-bond acceptors (Lipinski definition) is 3. The van der Waals surface area contributed by atoms with E-state index in [1.165, 1.54) is 4.88 Å². The van der Waals surface area contributed by atoms with Crippen LogP contribution < -0.4 is 10.1 Å². The van der Waals surface area contributed by atoms with Crippen LogP contribution >= 0.6 is 11.3 Å². The molecule has 3 heteroatoms. The standard InChI is InChI=1S/C14H17NOS/c1-11(14-4-3-9-17-14)10-15-12-5-7-13(16-2)8-6-12/h3-9,11,15H,10H2,1-2H3/t11-/m1/s1. The first kappa shape index (κ1) is 12.0. The van der Waals surface area contributed by atoms with Crippen LogP contribution in [0.25, 0.3) is 0 Å². The highest BCUT2D eigenvalue weighted by Crippen LogP contribution is 2.22. The quantitative estimate of drug-likeness (QED) is 0.863. The smallest absolute Gasteiger partial charge is 0.119 e. The van der Waals surface area contributed by atoms with Gasteiger partial charge in [0, 0.05) is 23.0 Å². The minimum Gasteiger partial charge on any atom is -0.497 e. The molecule has 17 heavy (non-hydrogen) atoms. The van der Waals surface area contributed by atoms with Gasteiger partial charge in [-0.25, -0.2) is 0 Å². The number of ether oxygens (including phenoxy) is 1. The average molecular weight is 247 g/mol. The summed E-state index contributed by atoms with van der Waals surface area (Å²) < 4.78 is 5.13. The highest BCUT2D eigenvalue weighted by atomic mass is 32.1. The van der Waals surface area contributed by atoms with Crippen molar-refractivity contribution in [3.63, 3.8) is 0 Å². The van der Waals surface area contributed by atoms with Crippen molar-refractivity contribution in [2.24, 2.45) is 0 Å². The molecule has 0 aliphatic rings. The van der Waals surface area contributed by atoms with Gasteiger partial charge >= 0.3 is 0 Å². The molecule has 0 aliphatic carbocycles. The average Bonchev–Trinajstić information content (AvgIpc) is 2.90. The largest absolute Gasteiger partial charge is 0.497 e. The lowest BCUT2D eigenvalue weighted by Crippen LogP contribution is -2.08. The molecule has 0 spiro atoms. The van der Waals surface area contributed by atoms with Crippen LogP contribution in [0, 0.1) is 0 Å². The van der Waals surface area contributed by atoms with Crippen LogP contribution in [0.3, 0.4) is 0 Å². The van der Waals surface area contributed by atoms with E-state index in [-0.39, 0.29) is 0 Å². The predicted molar refractivity (Wildman–Crippen MR) is 74.2 cm³/mol. The van der Waals surface area contributed by atoms with E-state index in [9.17, 15) is 0 Å². The fourth-order valence-electron chi connectivity index (χ4n) is 1.65. The van der Waals surface area contributed by atoms with Crippen LogP contribution in [0.15, 0.2) is 41.8 Å². The number of nitrogens with one attached hydrogen (secondary N) is 1. The molecule has 0 aliphatic heterocycles. The Morgan fingerprint density at radius 2 is 2.00 bits per heavy atom. The maximum atomic E-state index is 5.13. The molecule has 1 N–H and O–H groups in total. The maximum Gasteiger partial charge on any atom is 0.119 e. The Bertz CT molecular complexity index is 436. The van der Waals surface area contributed by atoms with Crippen LogP contribution in [0.5, 0.6) is 5.75 Å². The van der Waals surface area contributed by atoms with Crippen molar-refractivity contribution in [1.82, 2.24) is 0 Å². The summed E-state index contributed by atoms with van der Waals surface area (Å²) in [7, 11) is 1.68. The maximum absolute atomic E-state index is 5.13. The van der Waals surface area contributed by atoms with Crippen molar-refractivity contribution in [2.75, 3.05) is 19.0 Å². The number of anilines is 1. The molecule has 1 atom stereocenters. The number of rotatable bonds is 5. The van der Waals surface area contributed by atoms with Crippen LogP contribution in [-0.4, -0.2) is 13.7 Å². The summed E-state index contributed by atoms with van der Waals surface area (Å²) in [5, 5.41) is 5.56. The van der Waals surface area contributed by atoms with E-state index in [1.54, 1.807) is 7.11 Å². The summed E-state index contributed by atoms with van der Waals surface area (Å²) in [4.78, 5) is 1.42. The summed E-state index contributed by atoms with van der Waals surface area (Å²) in [5.74, 6) is 1.43. The molecule has 1 heterocycles. The third kappa shape index (κ3) is 3.24. The molecule has 0 radical (unpaired) electrons. The topological polar surface area (TPSA) is 21.3 Å². The summed E-state index contributed by atoms with van der Waals surface area (Å²) in [5.41, 5.74) is 1.13. The van der Waals surface area contributed by atoms with Gasteiger partial charge < -0.3 is 10.1 Å². The van der Waals surface area contributed by atoms with E-state index in [0.717, 1.165) is 18.0 Å². The van der Waals surface area contributed by atoms with Crippen LogP contribution in [0.1, 0.15) is 17.7 Å². The third-order valence-electron chi connectivity index (χ3n) is 2.73. The van der Waals surface area contributed by atoms with E-state index < -0.39 is 0 Å². The van der Waals surface area contributed by atoms with Gasteiger partial charge in [-0.3, -0.25) is 0 Å². The summed E-state index contributed by atoms with van der Waals surface area (Å²) in [6.07, 6.45) is 0. The molecule has 0 saturated heterocycles. The minimum atomic E-state index is 0.539. The van der Waals surface area contributed by atoms with E-state index in [4.69, 9.17) is 4.74 Å². The van der Waals surface area contributed by atoms with Crippen molar-refractivity contribution in [3.8, 4) is 5.75 Å². The van der Waals surface area contributed by atoms with Crippen molar-refractivity contribution >= 4 is 17.0 Å². The zero-order valence-electron chi connectivity index (χ0n) is 10.1. The first-order valence-corrected chi connectivity index (χ1v) is 6.59. The van der Waals surface area contributed by atoms with Gasteiger partial charge in [-0.1, -0.05) is 13.0 Å². The first-order chi connectivity index (χ1) is 8.29. The van der Waals surface area contributed by atoms with Crippen LogP contribution in [0.4, 0.5) is 5.69 Å². The molecule has 1 aromatic heterocycles. The minimum absolute atomic E-state index is 0.539. The number of methoxy groups -OCH3 is 1. The molecule has 0 saturated carbocycles. The lowest BCUT2D eigenvalue weighted by molar-refractivity contribution is 0.415. The van der Waals surface area contributed by atoms with E-state index in [0.29, 0.717) is 5.92 Å². The van der Waals surface area contributed by atoms with Gasteiger partial charge in [0.15, 0.2) is 0 Å². The molecule has 0 bridgehead atoms. The Kier molecular flexibility index (Phi) is 4.04. The molecule has 1 aromatic carbocycles. The Balaban J connectivity index is 1.89. The zero-order chi connectivity index (χ0) is 12.1. The molecule has 90 valence electrons. The van der Waals surface area contributed by atoms with Crippen molar-refractivity contribution in [3.05, 3.63) is 46.7 Å². The van der Waals surface area contributed by atoms with Gasteiger partial charge in [-0.05, 0) is 35.7 Å². The van der Waals surface area contributed by atoms with E-state index in [2.05, 4.69) is 29.8 Å². The molecular weight excluding hydrogens is 230 g/mol. The summed E-state index contributed by atoms with van der Waals surface area (Å²) >= 11 is 1.81. The van der Waals surface area contributed by atoms with Gasteiger partial charge in [0.05, 0.1) is 7.11 Å².